The molecule has 17 heavy (non-hydrogen) atoms. The molecule has 0 spiro atoms. The van der Waals surface area contributed by atoms with Crippen molar-refractivity contribution in [3.63, 3.8) is 0 Å². The zero-order valence-corrected chi connectivity index (χ0v) is 10.2. The van der Waals surface area contributed by atoms with Crippen molar-refractivity contribution in [2.24, 2.45) is 5.73 Å². The number of ether oxygens (including phenoxy) is 1. The highest BCUT2D eigenvalue weighted by Crippen LogP contribution is 2.18. The molecule has 1 aromatic carbocycles. The number of primary amides is 1. The number of carbonyl (C=O) groups excluding carboxylic acids is 1. The average molecular weight is 240 g/mol. The summed E-state index contributed by atoms with van der Waals surface area (Å²) in [6.45, 7) is 3.73. The zero-order valence-electron chi connectivity index (χ0n) is 10.2. The van der Waals surface area contributed by atoms with Crippen molar-refractivity contribution in [1.82, 2.24) is 0 Å². The van der Waals surface area contributed by atoms with Crippen LogP contribution >= 0.6 is 0 Å². The summed E-state index contributed by atoms with van der Waals surface area (Å²) in [5, 5.41) is 2.95. The molecule has 0 fully saturated rings. The predicted octanol–water partition coefficient (Wildman–Crippen LogP) is 1.76. The number of benzene rings is 1. The Morgan fingerprint density at radius 2 is 2.12 bits per heavy atom. The molecule has 0 aliphatic rings. The summed E-state index contributed by atoms with van der Waals surface area (Å²) in [6.07, 6.45) is -0.0772. The van der Waals surface area contributed by atoms with E-state index in [-0.39, 0.29) is 23.4 Å². The van der Waals surface area contributed by atoms with E-state index in [1.54, 1.807) is 7.11 Å². The number of halogens is 1. The molecule has 1 aromatic rings. The van der Waals surface area contributed by atoms with E-state index in [0.717, 1.165) is 0 Å². The molecule has 1 amide bonds. The van der Waals surface area contributed by atoms with Gasteiger partial charge in [-0.05, 0) is 32.0 Å². The van der Waals surface area contributed by atoms with Crippen LogP contribution in [0, 0.1) is 5.82 Å². The van der Waals surface area contributed by atoms with Crippen LogP contribution in [0.2, 0.25) is 0 Å². The first-order valence-electron chi connectivity index (χ1n) is 5.34. The number of nitrogens with one attached hydrogen (secondary N) is 1. The van der Waals surface area contributed by atoms with Gasteiger partial charge in [-0.25, -0.2) is 4.39 Å². The highest BCUT2D eigenvalue weighted by atomic mass is 19.1. The fraction of sp³-hybridized carbons (Fsp3) is 0.417. The number of anilines is 1. The Kier molecular flexibility index (Phi) is 4.45. The molecule has 0 radical (unpaired) electrons. The van der Waals surface area contributed by atoms with E-state index in [0.29, 0.717) is 0 Å². The molecule has 94 valence electrons. The van der Waals surface area contributed by atoms with Gasteiger partial charge in [0.25, 0.3) is 0 Å². The minimum Gasteiger partial charge on any atom is -0.380 e. The molecule has 0 aliphatic carbocycles. The van der Waals surface area contributed by atoms with Gasteiger partial charge in [0.1, 0.15) is 5.82 Å². The van der Waals surface area contributed by atoms with Gasteiger partial charge in [0, 0.05) is 18.7 Å². The summed E-state index contributed by atoms with van der Waals surface area (Å²) in [5.41, 5.74) is 5.65. The number of rotatable bonds is 5. The maximum absolute atomic E-state index is 13.5. The predicted molar refractivity (Wildman–Crippen MR) is 64.5 cm³/mol. The van der Waals surface area contributed by atoms with Gasteiger partial charge in [0.15, 0.2) is 0 Å². The van der Waals surface area contributed by atoms with E-state index >= 15 is 0 Å². The lowest BCUT2D eigenvalue weighted by molar-refractivity contribution is 0.100. The van der Waals surface area contributed by atoms with Gasteiger partial charge in [0.05, 0.1) is 11.8 Å². The van der Waals surface area contributed by atoms with Gasteiger partial charge in [-0.1, -0.05) is 0 Å². The van der Waals surface area contributed by atoms with Crippen molar-refractivity contribution in [3.05, 3.63) is 29.6 Å². The summed E-state index contributed by atoms with van der Waals surface area (Å²) in [6, 6.07) is 3.88. The maximum Gasteiger partial charge on any atom is 0.248 e. The molecule has 2 unspecified atom stereocenters. The largest absolute Gasteiger partial charge is 0.380 e. The molecule has 0 aliphatic heterocycles. The van der Waals surface area contributed by atoms with Gasteiger partial charge < -0.3 is 15.8 Å². The molecule has 0 aromatic heterocycles. The van der Waals surface area contributed by atoms with E-state index in [2.05, 4.69) is 5.32 Å². The Morgan fingerprint density at radius 3 is 2.65 bits per heavy atom. The monoisotopic (exact) mass is 240 g/mol. The lowest BCUT2D eigenvalue weighted by atomic mass is 10.1. The molecule has 0 saturated carbocycles. The first-order chi connectivity index (χ1) is 7.95. The second-order valence-electron chi connectivity index (χ2n) is 3.93. The van der Waals surface area contributed by atoms with Crippen LogP contribution in [0.25, 0.3) is 0 Å². The van der Waals surface area contributed by atoms with Crippen LogP contribution in [0.15, 0.2) is 18.2 Å². The minimum atomic E-state index is -0.583. The van der Waals surface area contributed by atoms with Gasteiger partial charge in [-0.3, -0.25) is 4.79 Å². The van der Waals surface area contributed by atoms with E-state index in [9.17, 15) is 9.18 Å². The van der Waals surface area contributed by atoms with Crippen LogP contribution in [0.1, 0.15) is 24.2 Å². The van der Waals surface area contributed by atoms with Gasteiger partial charge in [-0.15, -0.1) is 0 Å². The Labute approximate surface area is 100.0 Å². The number of carbonyl (C=O) groups is 1. The average Bonchev–Trinajstić information content (AvgIpc) is 2.30. The van der Waals surface area contributed by atoms with Crippen LogP contribution in [-0.2, 0) is 4.74 Å². The number of nitrogens with two attached hydrogens (primary N) is 1. The lowest BCUT2D eigenvalue weighted by Crippen LogP contribution is -2.30. The molecule has 5 heteroatoms. The first kappa shape index (κ1) is 13.4. The summed E-state index contributed by atoms with van der Waals surface area (Å²) in [5.74, 6) is -1.01. The Morgan fingerprint density at radius 1 is 1.47 bits per heavy atom. The fourth-order valence-electron chi connectivity index (χ4n) is 1.36. The van der Waals surface area contributed by atoms with Crippen molar-refractivity contribution < 1.29 is 13.9 Å². The van der Waals surface area contributed by atoms with Crippen LogP contribution in [-0.4, -0.2) is 25.2 Å². The zero-order chi connectivity index (χ0) is 13.0. The Balaban J connectivity index is 2.89. The van der Waals surface area contributed by atoms with Crippen molar-refractivity contribution in [2.45, 2.75) is 26.0 Å². The molecule has 0 heterocycles. The SMILES string of the molecule is COC(C)C(C)Nc1cc(C(N)=O)ccc1F. The number of methoxy groups -OCH3 is 1. The standard InChI is InChI=1S/C12H17FN2O2/c1-7(8(2)17-3)15-11-6-9(12(14)16)4-5-10(11)13/h4-8,15H,1-3H3,(H2,14,16). The fourth-order valence-corrected chi connectivity index (χ4v) is 1.36. The quantitative estimate of drug-likeness (QED) is 0.824. The van der Waals surface area contributed by atoms with Crippen molar-refractivity contribution in [1.29, 1.82) is 0 Å². The molecular formula is C12H17FN2O2. The molecule has 2 atom stereocenters. The molecular weight excluding hydrogens is 223 g/mol. The molecule has 0 saturated heterocycles. The van der Waals surface area contributed by atoms with Crippen molar-refractivity contribution in [3.8, 4) is 0 Å². The highest BCUT2D eigenvalue weighted by Gasteiger charge is 2.14. The van der Waals surface area contributed by atoms with Gasteiger partial charge in [0.2, 0.25) is 5.91 Å². The van der Waals surface area contributed by atoms with Crippen LogP contribution in [0.4, 0.5) is 10.1 Å². The topological polar surface area (TPSA) is 64.3 Å². The summed E-state index contributed by atoms with van der Waals surface area (Å²) >= 11 is 0. The molecule has 0 bridgehead atoms. The second kappa shape index (κ2) is 5.63. The van der Waals surface area contributed by atoms with Crippen LogP contribution in [0.5, 0.6) is 0 Å². The van der Waals surface area contributed by atoms with E-state index in [1.165, 1.54) is 18.2 Å². The summed E-state index contributed by atoms with van der Waals surface area (Å²) in [7, 11) is 1.58. The van der Waals surface area contributed by atoms with E-state index in [1.807, 2.05) is 13.8 Å². The van der Waals surface area contributed by atoms with E-state index < -0.39 is 11.7 Å². The Bertz CT molecular complexity index is 409. The van der Waals surface area contributed by atoms with Crippen LogP contribution in [0.3, 0.4) is 0 Å². The lowest BCUT2D eigenvalue weighted by Gasteiger charge is -2.21. The summed E-state index contributed by atoms with van der Waals surface area (Å²) in [4.78, 5) is 11.0. The summed E-state index contributed by atoms with van der Waals surface area (Å²) < 4.78 is 18.6. The van der Waals surface area contributed by atoms with E-state index in [4.69, 9.17) is 10.5 Å². The van der Waals surface area contributed by atoms with Crippen molar-refractivity contribution >= 4 is 11.6 Å². The van der Waals surface area contributed by atoms with Crippen LogP contribution < -0.4 is 11.1 Å². The third kappa shape index (κ3) is 3.42. The normalized spacial score (nSPS) is 14.1. The second-order valence-corrected chi connectivity index (χ2v) is 3.93. The number of amides is 1. The smallest absolute Gasteiger partial charge is 0.248 e. The molecule has 1 rings (SSSR count). The number of hydrogen-bond donors (Lipinski definition) is 2. The highest BCUT2D eigenvalue weighted by molar-refractivity contribution is 5.93. The Hall–Kier alpha value is -1.62. The third-order valence-electron chi connectivity index (χ3n) is 2.71. The minimum absolute atomic E-state index is 0.0772. The van der Waals surface area contributed by atoms with Crippen molar-refractivity contribution in [2.75, 3.05) is 12.4 Å². The third-order valence-corrected chi connectivity index (χ3v) is 2.71. The molecule has 3 N–H and O–H groups in total. The maximum atomic E-state index is 13.5. The first-order valence-corrected chi connectivity index (χ1v) is 5.34. The van der Waals surface area contributed by atoms with Gasteiger partial charge >= 0.3 is 0 Å². The molecule has 4 nitrogen and oxygen atoms in total. The number of hydrogen-bond acceptors (Lipinski definition) is 3. The van der Waals surface area contributed by atoms with Gasteiger partial charge in [-0.2, -0.15) is 0 Å².